The first-order valence-electron chi connectivity index (χ1n) is 12.9. The second kappa shape index (κ2) is 14.4. The molecule has 1 heterocycles. The van der Waals surface area contributed by atoms with Gasteiger partial charge in [-0.1, -0.05) is 108 Å². The van der Waals surface area contributed by atoms with E-state index in [9.17, 15) is 0 Å². The van der Waals surface area contributed by atoms with Crippen LogP contribution >= 0.6 is 0 Å². The lowest BCUT2D eigenvalue weighted by atomic mass is 10.1. The average Bonchev–Trinajstić information content (AvgIpc) is 3.24. The monoisotopic (exact) mass is 447 g/mol. The molecule has 0 saturated heterocycles. The predicted molar refractivity (Wildman–Crippen MR) is 140 cm³/mol. The van der Waals surface area contributed by atoms with E-state index < -0.39 is 0 Å². The molecule has 4 nitrogen and oxygen atoms in total. The van der Waals surface area contributed by atoms with Crippen LogP contribution in [0.3, 0.4) is 0 Å². The highest BCUT2D eigenvalue weighted by Gasteiger charge is 2.12. The fourth-order valence-corrected chi connectivity index (χ4v) is 4.23. The minimum absolute atomic E-state index is 0.618. The van der Waals surface area contributed by atoms with Gasteiger partial charge in [0.25, 0.3) is 0 Å². The third kappa shape index (κ3) is 8.27. The number of rotatable bonds is 16. The van der Waals surface area contributed by atoms with E-state index in [0.29, 0.717) is 5.82 Å². The minimum atomic E-state index is 0.618. The van der Waals surface area contributed by atoms with E-state index in [1.165, 1.54) is 70.6 Å². The van der Waals surface area contributed by atoms with Gasteiger partial charge in [-0.15, -0.1) is 0 Å². The fourth-order valence-electron chi connectivity index (χ4n) is 4.23. The van der Waals surface area contributed by atoms with Crippen molar-refractivity contribution in [3.63, 3.8) is 0 Å². The number of nitrogens with zero attached hydrogens (tertiary/aromatic N) is 2. The molecule has 0 radical (unpaired) electrons. The summed E-state index contributed by atoms with van der Waals surface area (Å²) in [5.41, 5.74) is 9.02. The van der Waals surface area contributed by atoms with Gasteiger partial charge in [-0.2, -0.15) is 5.10 Å². The molecule has 0 aliphatic heterocycles. The molecule has 178 valence electrons. The van der Waals surface area contributed by atoms with Crippen LogP contribution in [0, 0.1) is 0 Å². The van der Waals surface area contributed by atoms with Gasteiger partial charge in [-0.25, -0.2) is 4.68 Å². The number of ether oxygens (including phenoxy) is 1. The maximum atomic E-state index is 6.25. The Bertz CT molecular complexity index is 920. The highest BCUT2D eigenvalue weighted by molar-refractivity contribution is 5.69. The molecule has 0 fully saturated rings. The van der Waals surface area contributed by atoms with Gasteiger partial charge >= 0.3 is 0 Å². The Morgan fingerprint density at radius 1 is 0.727 bits per heavy atom. The van der Waals surface area contributed by atoms with Gasteiger partial charge in [0.1, 0.15) is 11.6 Å². The second-order valence-electron chi connectivity index (χ2n) is 8.94. The molecule has 0 unspecified atom stereocenters. The molecule has 3 rings (SSSR count). The largest absolute Gasteiger partial charge is 0.493 e. The molecule has 33 heavy (non-hydrogen) atoms. The van der Waals surface area contributed by atoms with Crippen molar-refractivity contribution in [2.45, 2.75) is 84.0 Å². The van der Waals surface area contributed by atoms with Gasteiger partial charge in [0, 0.05) is 11.6 Å². The lowest BCUT2D eigenvalue weighted by Gasteiger charge is -2.10. The lowest BCUT2D eigenvalue weighted by molar-refractivity contribution is 0.305. The number of nitrogens with two attached hydrogens (primary N) is 1. The van der Waals surface area contributed by atoms with Crippen molar-refractivity contribution in [1.29, 1.82) is 0 Å². The van der Waals surface area contributed by atoms with Gasteiger partial charge in [-0.05, 0) is 30.7 Å². The predicted octanol–water partition coefficient (Wildman–Crippen LogP) is 8.20. The maximum Gasteiger partial charge on any atom is 0.128 e. The van der Waals surface area contributed by atoms with Crippen molar-refractivity contribution in [3.8, 4) is 22.7 Å². The highest BCUT2D eigenvalue weighted by atomic mass is 16.5. The van der Waals surface area contributed by atoms with Gasteiger partial charge in [-0.3, -0.25) is 0 Å². The number of unbranched alkanes of at least 4 members (excludes halogenated alkanes) is 11. The molecule has 3 aromatic rings. The standard InChI is InChI=1S/C29H41N3O/c1-2-3-4-5-6-7-8-9-10-11-12-18-23-33-28-22-17-16-21-26(28)27-24-29(30)32(31-27)25-19-14-13-15-20-25/h13-17,19-22,24H,2-12,18,23,30H2,1H3. The normalized spacial score (nSPS) is 11.1. The van der Waals surface area contributed by atoms with Crippen molar-refractivity contribution >= 4 is 5.82 Å². The zero-order chi connectivity index (χ0) is 23.1. The number of aromatic nitrogens is 2. The van der Waals surface area contributed by atoms with Crippen molar-refractivity contribution < 1.29 is 4.74 Å². The van der Waals surface area contributed by atoms with Gasteiger partial charge < -0.3 is 10.5 Å². The fraction of sp³-hybridized carbons (Fsp3) is 0.483. The Morgan fingerprint density at radius 3 is 1.97 bits per heavy atom. The molecule has 0 amide bonds. The molecule has 0 aliphatic rings. The van der Waals surface area contributed by atoms with Gasteiger partial charge in [0.2, 0.25) is 0 Å². The van der Waals surface area contributed by atoms with Crippen LogP contribution in [0.1, 0.15) is 84.0 Å². The molecular formula is C29H41N3O. The zero-order valence-electron chi connectivity index (χ0n) is 20.3. The first-order valence-corrected chi connectivity index (χ1v) is 12.9. The smallest absolute Gasteiger partial charge is 0.128 e. The Labute approximate surface area is 200 Å². The van der Waals surface area contributed by atoms with E-state index >= 15 is 0 Å². The van der Waals surface area contributed by atoms with Crippen LogP contribution < -0.4 is 10.5 Å². The van der Waals surface area contributed by atoms with Crippen LogP contribution in [0.15, 0.2) is 60.7 Å². The van der Waals surface area contributed by atoms with E-state index in [-0.39, 0.29) is 0 Å². The van der Waals surface area contributed by atoms with Gasteiger partial charge in [0.05, 0.1) is 18.0 Å². The molecule has 1 aromatic heterocycles. The van der Waals surface area contributed by atoms with Crippen LogP contribution in [-0.4, -0.2) is 16.4 Å². The van der Waals surface area contributed by atoms with Crippen LogP contribution in [0.25, 0.3) is 16.9 Å². The number of anilines is 1. The van der Waals surface area contributed by atoms with Crippen LogP contribution in [0.2, 0.25) is 0 Å². The quantitative estimate of drug-likeness (QED) is 0.225. The van der Waals surface area contributed by atoms with E-state index in [1.807, 2.05) is 54.6 Å². The number of hydrogen-bond acceptors (Lipinski definition) is 3. The lowest BCUT2D eigenvalue weighted by Crippen LogP contribution is -2.01. The topological polar surface area (TPSA) is 53.1 Å². The van der Waals surface area contributed by atoms with Crippen molar-refractivity contribution in [2.24, 2.45) is 0 Å². The molecule has 2 aromatic carbocycles. The first-order chi connectivity index (χ1) is 16.3. The summed E-state index contributed by atoms with van der Waals surface area (Å²) in [6.45, 7) is 3.02. The number of hydrogen-bond donors (Lipinski definition) is 1. The Hall–Kier alpha value is -2.75. The molecule has 0 aliphatic carbocycles. The second-order valence-corrected chi connectivity index (χ2v) is 8.94. The van der Waals surface area contributed by atoms with Crippen LogP contribution in [-0.2, 0) is 0 Å². The van der Waals surface area contributed by atoms with E-state index in [0.717, 1.165) is 35.7 Å². The molecular weight excluding hydrogens is 406 g/mol. The summed E-state index contributed by atoms with van der Waals surface area (Å²) < 4.78 is 7.92. The summed E-state index contributed by atoms with van der Waals surface area (Å²) in [6.07, 6.45) is 16.2. The van der Waals surface area contributed by atoms with Gasteiger partial charge in [0.15, 0.2) is 0 Å². The summed E-state index contributed by atoms with van der Waals surface area (Å²) in [4.78, 5) is 0. The third-order valence-electron chi connectivity index (χ3n) is 6.16. The first kappa shape index (κ1) is 24.9. The molecule has 0 bridgehead atoms. The SMILES string of the molecule is CCCCCCCCCCCCCCOc1ccccc1-c1cc(N)n(-c2ccccc2)n1. The Morgan fingerprint density at radius 2 is 1.30 bits per heavy atom. The van der Waals surface area contributed by atoms with E-state index in [4.69, 9.17) is 15.6 Å². The Kier molecular flexibility index (Phi) is 10.9. The van der Waals surface area contributed by atoms with Crippen LogP contribution in [0.5, 0.6) is 5.75 Å². The highest BCUT2D eigenvalue weighted by Crippen LogP contribution is 2.31. The molecule has 0 saturated carbocycles. The summed E-state index contributed by atoms with van der Waals surface area (Å²) in [7, 11) is 0. The average molecular weight is 448 g/mol. The number of nitrogen functional groups attached to an aromatic ring is 1. The van der Waals surface area contributed by atoms with Crippen LogP contribution in [0.4, 0.5) is 5.82 Å². The zero-order valence-corrected chi connectivity index (χ0v) is 20.3. The number of para-hydroxylation sites is 2. The van der Waals surface area contributed by atoms with Crippen molar-refractivity contribution in [3.05, 3.63) is 60.7 Å². The van der Waals surface area contributed by atoms with E-state index in [2.05, 4.69) is 13.0 Å². The Balaban J connectivity index is 1.38. The summed E-state index contributed by atoms with van der Waals surface area (Å²) >= 11 is 0. The molecule has 4 heteroatoms. The maximum absolute atomic E-state index is 6.25. The van der Waals surface area contributed by atoms with E-state index in [1.54, 1.807) is 4.68 Å². The third-order valence-corrected chi connectivity index (χ3v) is 6.16. The summed E-state index contributed by atoms with van der Waals surface area (Å²) in [5, 5.41) is 4.74. The minimum Gasteiger partial charge on any atom is -0.493 e. The summed E-state index contributed by atoms with van der Waals surface area (Å²) in [5.74, 6) is 1.49. The van der Waals surface area contributed by atoms with Crippen molar-refractivity contribution in [2.75, 3.05) is 12.3 Å². The molecule has 2 N–H and O–H groups in total. The summed E-state index contributed by atoms with van der Waals surface area (Å²) in [6, 6.07) is 20.0. The van der Waals surface area contributed by atoms with Crippen molar-refractivity contribution in [1.82, 2.24) is 9.78 Å². The molecule has 0 atom stereocenters. The molecule has 0 spiro atoms. The number of benzene rings is 2.